The van der Waals surface area contributed by atoms with Gasteiger partial charge in [-0.1, -0.05) is 13.8 Å². The minimum Gasteiger partial charge on any atom is -0.373 e. The highest BCUT2D eigenvalue weighted by atomic mass is 15.6. The van der Waals surface area contributed by atoms with Crippen LogP contribution in [0.15, 0.2) is 9.98 Å². The molecular weight excluding hydrogens is 396 g/mol. The smallest absolute Gasteiger partial charge is 0.237 e. The quantitative estimate of drug-likeness (QED) is 0.393. The molecule has 7 N–H and O–H groups in total. The molecule has 0 bridgehead atoms. The first-order chi connectivity index (χ1) is 14.7. The Bertz CT molecular complexity index is 873. The Morgan fingerprint density at radius 2 is 1.65 bits per heavy atom. The lowest BCUT2D eigenvalue weighted by atomic mass is 9.93. The molecule has 12 heteroatoms. The summed E-state index contributed by atoms with van der Waals surface area (Å²) >= 11 is 0. The second-order valence-electron chi connectivity index (χ2n) is 7.72. The monoisotopic (exact) mass is 432 g/mol. The van der Waals surface area contributed by atoms with Crippen molar-refractivity contribution in [2.24, 2.45) is 21.5 Å². The third kappa shape index (κ3) is 3.39. The average Bonchev–Trinajstić information content (AvgIpc) is 2.73. The molecule has 2 unspecified atom stereocenters. The second kappa shape index (κ2) is 8.35. The van der Waals surface area contributed by atoms with Gasteiger partial charge in [0.05, 0.1) is 0 Å². The van der Waals surface area contributed by atoms with Crippen LogP contribution in [0.25, 0.3) is 0 Å². The fraction of sp³-hybridized carbons (Fsp3) is 0.684. The van der Waals surface area contributed by atoms with E-state index in [4.69, 9.17) is 26.4 Å². The number of hydrogen-bond acceptors (Lipinski definition) is 12. The van der Waals surface area contributed by atoms with E-state index in [0.717, 1.165) is 18.9 Å². The zero-order valence-electron chi connectivity index (χ0n) is 19.6. The van der Waals surface area contributed by atoms with Gasteiger partial charge in [0.15, 0.2) is 17.5 Å². The van der Waals surface area contributed by atoms with E-state index >= 15 is 0 Å². The molecule has 0 saturated heterocycles. The minimum absolute atomic E-state index is 0.140. The van der Waals surface area contributed by atoms with Crippen LogP contribution in [0.1, 0.15) is 27.7 Å². The molecule has 1 aromatic heterocycles. The predicted octanol–water partition coefficient (Wildman–Crippen LogP) is -0.177. The first-order valence-electron chi connectivity index (χ1n) is 10.8. The molecule has 0 amide bonds. The SMILES string of the molecule is CCN(CC)c1nc(N(C)C)nc2c1NC1(N)C(NC)=NC(N)=NC1(N(CC)CC)N2. The number of hydrogen-bond donors (Lipinski definition) is 5. The van der Waals surface area contributed by atoms with Crippen molar-refractivity contribution in [1.82, 2.24) is 20.2 Å². The number of rotatable bonds is 7. The fourth-order valence-electron chi connectivity index (χ4n) is 4.21. The Morgan fingerprint density at radius 1 is 1.00 bits per heavy atom. The molecule has 0 spiro atoms. The molecule has 2 atom stereocenters. The highest BCUT2D eigenvalue weighted by Crippen LogP contribution is 2.45. The molecule has 2 aliphatic heterocycles. The zero-order chi connectivity index (χ0) is 23.0. The molecule has 0 radical (unpaired) electrons. The van der Waals surface area contributed by atoms with Gasteiger partial charge in [-0.2, -0.15) is 15.0 Å². The molecule has 0 aromatic carbocycles. The number of anilines is 4. The van der Waals surface area contributed by atoms with E-state index in [9.17, 15) is 0 Å². The van der Waals surface area contributed by atoms with Gasteiger partial charge in [-0.25, -0.2) is 4.99 Å². The van der Waals surface area contributed by atoms with E-state index < -0.39 is 11.4 Å². The maximum absolute atomic E-state index is 7.08. The third-order valence-electron chi connectivity index (χ3n) is 5.84. The van der Waals surface area contributed by atoms with Gasteiger partial charge in [0.1, 0.15) is 5.69 Å². The van der Waals surface area contributed by atoms with Crippen LogP contribution < -0.4 is 37.2 Å². The van der Waals surface area contributed by atoms with Crippen LogP contribution in [0.3, 0.4) is 0 Å². The first kappa shape index (κ1) is 22.8. The van der Waals surface area contributed by atoms with Gasteiger partial charge in [-0.3, -0.25) is 10.6 Å². The van der Waals surface area contributed by atoms with Gasteiger partial charge in [-0.05, 0) is 26.9 Å². The highest BCUT2D eigenvalue weighted by Gasteiger charge is 2.62. The first-order valence-corrected chi connectivity index (χ1v) is 10.8. The van der Waals surface area contributed by atoms with Crippen molar-refractivity contribution >= 4 is 35.1 Å². The Kier molecular flexibility index (Phi) is 6.14. The highest BCUT2D eigenvalue weighted by molar-refractivity contribution is 6.07. The zero-order valence-corrected chi connectivity index (χ0v) is 19.6. The Balaban J connectivity index is 2.32. The molecule has 1 aromatic rings. The van der Waals surface area contributed by atoms with E-state index in [1.165, 1.54) is 0 Å². The van der Waals surface area contributed by atoms with Crippen molar-refractivity contribution in [2.45, 2.75) is 39.1 Å². The summed E-state index contributed by atoms with van der Waals surface area (Å²) < 4.78 is 0. The summed E-state index contributed by atoms with van der Waals surface area (Å²) in [4.78, 5) is 24.9. The lowest BCUT2D eigenvalue weighted by Crippen LogP contribution is -2.82. The Labute approximate surface area is 184 Å². The van der Waals surface area contributed by atoms with E-state index in [1.54, 1.807) is 7.05 Å². The van der Waals surface area contributed by atoms with Gasteiger partial charge >= 0.3 is 0 Å². The van der Waals surface area contributed by atoms with Crippen molar-refractivity contribution in [3.8, 4) is 0 Å². The minimum atomic E-state index is -1.24. The number of aromatic nitrogens is 2. The number of aliphatic imine (C=N–C) groups is 2. The van der Waals surface area contributed by atoms with Crippen LogP contribution in [-0.4, -0.2) is 85.4 Å². The molecule has 2 aliphatic rings. The summed E-state index contributed by atoms with van der Waals surface area (Å²) in [7, 11) is 5.60. The number of likely N-dealkylation sites (N-methyl/N-ethyl adjacent to an activating group) is 2. The molecule has 3 rings (SSSR count). The average molecular weight is 433 g/mol. The van der Waals surface area contributed by atoms with Crippen LogP contribution in [0.5, 0.6) is 0 Å². The van der Waals surface area contributed by atoms with Gasteiger partial charge in [0.25, 0.3) is 0 Å². The summed E-state index contributed by atoms with van der Waals surface area (Å²) in [6.45, 7) is 11.2. The Morgan fingerprint density at radius 3 is 2.16 bits per heavy atom. The summed E-state index contributed by atoms with van der Waals surface area (Å²) in [6, 6.07) is 0. The van der Waals surface area contributed by atoms with Crippen LogP contribution in [0, 0.1) is 0 Å². The predicted molar refractivity (Wildman–Crippen MR) is 128 cm³/mol. The van der Waals surface area contributed by atoms with Crippen LogP contribution in [0.2, 0.25) is 0 Å². The molecule has 0 aliphatic carbocycles. The summed E-state index contributed by atoms with van der Waals surface area (Å²) in [6.07, 6.45) is 0. The summed E-state index contributed by atoms with van der Waals surface area (Å²) in [5.41, 5.74) is 12.7. The van der Waals surface area contributed by atoms with E-state index in [0.29, 0.717) is 36.4 Å². The number of nitrogens with zero attached hydrogens (tertiary/aromatic N) is 7. The van der Waals surface area contributed by atoms with Gasteiger partial charge in [-0.15, -0.1) is 0 Å². The molecule has 3 heterocycles. The molecule has 31 heavy (non-hydrogen) atoms. The number of guanidine groups is 1. The van der Waals surface area contributed by atoms with Crippen LogP contribution in [-0.2, 0) is 0 Å². The van der Waals surface area contributed by atoms with Crippen LogP contribution in [0.4, 0.5) is 23.3 Å². The maximum Gasteiger partial charge on any atom is 0.237 e. The number of amidine groups is 1. The number of fused-ring (bicyclic) bond motifs is 2. The largest absolute Gasteiger partial charge is 0.373 e. The Hall–Kier alpha value is -2.86. The third-order valence-corrected chi connectivity index (χ3v) is 5.84. The fourth-order valence-corrected chi connectivity index (χ4v) is 4.21. The van der Waals surface area contributed by atoms with Crippen molar-refractivity contribution in [3.05, 3.63) is 0 Å². The van der Waals surface area contributed by atoms with Gasteiger partial charge < -0.3 is 31.5 Å². The molecular formula is C19H36N12. The summed E-state index contributed by atoms with van der Waals surface area (Å²) in [5, 5.41) is 10.1. The van der Waals surface area contributed by atoms with Crippen molar-refractivity contribution in [2.75, 3.05) is 67.8 Å². The standard InChI is InChI=1S/C19H36N12/c1-8-30(9-2)14-12-13(23-17(24-14)29(6)7)27-19(31(10-3)11-4)18(21,26-12)15(22-5)25-16(20)28-19/h26H,8-11,21H2,1-7H3,(H,23,24,27)(H3,20,22,25,28). The molecule has 0 fully saturated rings. The number of nitrogens with two attached hydrogens (primary N) is 2. The lowest BCUT2D eigenvalue weighted by Gasteiger charge is -2.55. The summed E-state index contributed by atoms with van der Waals surface area (Å²) in [5.74, 6) is 1.45. The second-order valence-corrected chi connectivity index (χ2v) is 7.72. The van der Waals surface area contributed by atoms with Crippen LogP contribution >= 0.6 is 0 Å². The lowest BCUT2D eigenvalue weighted by molar-refractivity contribution is 0.0868. The van der Waals surface area contributed by atoms with Gasteiger partial charge in [0, 0.05) is 34.2 Å². The molecule has 12 nitrogen and oxygen atoms in total. The van der Waals surface area contributed by atoms with Crippen molar-refractivity contribution < 1.29 is 0 Å². The normalized spacial score (nSPS) is 24.3. The van der Waals surface area contributed by atoms with Crippen molar-refractivity contribution in [3.63, 3.8) is 0 Å². The molecule has 172 valence electrons. The maximum atomic E-state index is 7.08. The van der Waals surface area contributed by atoms with E-state index in [1.807, 2.05) is 19.0 Å². The van der Waals surface area contributed by atoms with E-state index in [2.05, 4.69) is 58.4 Å². The topological polar surface area (TPSA) is 148 Å². The van der Waals surface area contributed by atoms with Gasteiger partial charge in [0.2, 0.25) is 23.4 Å². The van der Waals surface area contributed by atoms with E-state index in [-0.39, 0.29) is 5.96 Å². The molecule has 0 saturated carbocycles. The number of nitrogens with one attached hydrogen (secondary N) is 3. The van der Waals surface area contributed by atoms with Crippen molar-refractivity contribution in [1.29, 1.82) is 0 Å².